The number of aliphatic hydroxyl groups is 2. The molecule has 0 saturated carbocycles. The second-order valence-corrected chi connectivity index (χ2v) is 2.97. The largest absolute Gasteiger partial charge is 0.785 e. The van der Waals surface area contributed by atoms with Gasteiger partial charge in [0.1, 0.15) is 0 Å². The Labute approximate surface area is 73.4 Å². The average molecular weight is 176 g/mol. The highest BCUT2D eigenvalue weighted by atomic mass is 16.5. The van der Waals surface area contributed by atoms with Crippen molar-refractivity contribution in [2.45, 2.75) is 38.9 Å². The van der Waals surface area contributed by atoms with E-state index in [1.54, 1.807) is 0 Å². The Balaban J connectivity index is 3.51. The van der Waals surface area contributed by atoms with Crippen LogP contribution >= 0.6 is 0 Å². The van der Waals surface area contributed by atoms with E-state index in [0.717, 1.165) is 0 Å². The normalized spacial score (nSPS) is 16.5. The molecule has 12 heavy (non-hydrogen) atoms. The Morgan fingerprint density at radius 3 is 1.67 bits per heavy atom. The Hall–Kier alpha value is -0.160. The van der Waals surface area contributed by atoms with Gasteiger partial charge in [-0.25, -0.2) is 0 Å². The highest BCUT2D eigenvalue weighted by Crippen LogP contribution is 1.98. The molecule has 0 heterocycles. The van der Waals surface area contributed by atoms with E-state index in [1.165, 1.54) is 0 Å². The van der Waals surface area contributed by atoms with Crippen molar-refractivity contribution in [3.63, 3.8) is 0 Å². The zero-order valence-corrected chi connectivity index (χ0v) is 7.73. The second kappa shape index (κ2) is 6.37. The quantitative estimate of drug-likeness (QED) is 0.572. The third-order valence-electron chi connectivity index (χ3n) is 1.77. The molecule has 2 unspecified atom stereocenters. The van der Waals surface area contributed by atoms with E-state index in [-0.39, 0.29) is 13.1 Å². The maximum atomic E-state index is 11.0. The highest BCUT2D eigenvalue weighted by molar-refractivity contribution is 4.67. The fourth-order valence-electron chi connectivity index (χ4n) is 0.803. The van der Waals surface area contributed by atoms with Crippen molar-refractivity contribution in [3.05, 3.63) is 5.21 Å². The maximum absolute atomic E-state index is 11.0. The number of hydrogen-bond donors (Lipinski definition) is 2. The van der Waals surface area contributed by atoms with Crippen LogP contribution in [0.15, 0.2) is 0 Å². The number of nitrogens with zero attached hydrogens (tertiary/aromatic N) is 1. The first-order valence-electron chi connectivity index (χ1n) is 4.38. The molecule has 74 valence electrons. The summed E-state index contributed by atoms with van der Waals surface area (Å²) >= 11 is 0. The van der Waals surface area contributed by atoms with Gasteiger partial charge in [-0.2, -0.15) is 0 Å². The fourth-order valence-corrected chi connectivity index (χ4v) is 0.803. The molecular formula is C8H18NO3-. The smallest absolute Gasteiger partial charge is 0.0655 e. The van der Waals surface area contributed by atoms with Crippen LogP contribution in [0.4, 0.5) is 0 Å². The predicted molar refractivity (Wildman–Crippen MR) is 47.5 cm³/mol. The average Bonchev–Trinajstić information content (AvgIpc) is 2.03. The SMILES string of the molecule is CCC(O)CN([O-])CC(O)CC. The zero-order chi connectivity index (χ0) is 9.56. The minimum Gasteiger partial charge on any atom is -0.785 e. The molecule has 0 aliphatic rings. The summed E-state index contributed by atoms with van der Waals surface area (Å²) in [4.78, 5) is 0. The Kier molecular flexibility index (Phi) is 6.28. The van der Waals surface area contributed by atoms with Crippen LogP contribution in [-0.4, -0.2) is 40.6 Å². The molecule has 0 spiro atoms. The van der Waals surface area contributed by atoms with E-state index in [9.17, 15) is 5.21 Å². The topological polar surface area (TPSA) is 66.8 Å². The summed E-state index contributed by atoms with van der Waals surface area (Å²) in [5.74, 6) is 0. The number of hydroxylamine groups is 2. The van der Waals surface area contributed by atoms with Gasteiger partial charge in [0.2, 0.25) is 0 Å². The predicted octanol–water partition coefficient (Wildman–Crippen LogP) is 0.328. The number of aliphatic hydroxyl groups excluding tert-OH is 2. The lowest BCUT2D eigenvalue weighted by Gasteiger charge is -2.31. The van der Waals surface area contributed by atoms with Crippen LogP contribution < -0.4 is 0 Å². The van der Waals surface area contributed by atoms with Crippen molar-refractivity contribution in [2.75, 3.05) is 13.1 Å². The molecule has 0 radical (unpaired) electrons. The van der Waals surface area contributed by atoms with E-state index in [2.05, 4.69) is 0 Å². The minimum absolute atomic E-state index is 0.0908. The summed E-state index contributed by atoms with van der Waals surface area (Å²) in [7, 11) is 0. The van der Waals surface area contributed by atoms with Crippen LogP contribution in [-0.2, 0) is 0 Å². The highest BCUT2D eigenvalue weighted by Gasteiger charge is 2.05. The molecule has 2 N–H and O–H groups in total. The molecule has 0 saturated heterocycles. The summed E-state index contributed by atoms with van der Waals surface area (Å²) in [6.45, 7) is 3.81. The third kappa shape index (κ3) is 5.49. The van der Waals surface area contributed by atoms with Crippen molar-refractivity contribution in [1.29, 1.82) is 0 Å². The van der Waals surface area contributed by atoms with Crippen molar-refractivity contribution in [1.82, 2.24) is 5.06 Å². The molecule has 0 amide bonds. The molecule has 0 fully saturated rings. The van der Waals surface area contributed by atoms with Gasteiger partial charge in [0, 0.05) is 13.1 Å². The molecule has 0 aliphatic heterocycles. The van der Waals surface area contributed by atoms with Gasteiger partial charge in [-0.3, -0.25) is 0 Å². The molecule has 4 heteroatoms. The lowest BCUT2D eigenvalue weighted by molar-refractivity contribution is 0.0902. The second-order valence-electron chi connectivity index (χ2n) is 2.97. The Bertz CT molecular complexity index is 98.5. The molecule has 0 rings (SSSR count). The minimum atomic E-state index is -0.577. The van der Waals surface area contributed by atoms with Gasteiger partial charge in [-0.1, -0.05) is 13.8 Å². The van der Waals surface area contributed by atoms with E-state index in [0.29, 0.717) is 17.9 Å². The molecule has 0 aliphatic carbocycles. The van der Waals surface area contributed by atoms with Gasteiger partial charge in [-0.15, -0.1) is 0 Å². The number of rotatable bonds is 6. The van der Waals surface area contributed by atoms with Crippen LogP contribution in [0.5, 0.6) is 0 Å². The van der Waals surface area contributed by atoms with Crippen molar-refractivity contribution < 1.29 is 10.2 Å². The molecule has 0 aromatic heterocycles. The summed E-state index contributed by atoms with van der Waals surface area (Å²) < 4.78 is 0. The van der Waals surface area contributed by atoms with Crippen molar-refractivity contribution in [2.24, 2.45) is 0 Å². The van der Waals surface area contributed by atoms with E-state index in [4.69, 9.17) is 10.2 Å². The van der Waals surface area contributed by atoms with E-state index >= 15 is 0 Å². The molecule has 2 atom stereocenters. The summed E-state index contributed by atoms with van der Waals surface area (Å²) in [6.07, 6.45) is -0.0137. The molecule has 0 bridgehead atoms. The first-order valence-corrected chi connectivity index (χ1v) is 4.38. The monoisotopic (exact) mass is 176 g/mol. The maximum Gasteiger partial charge on any atom is 0.0655 e. The summed E-state index contributed by atoms with van der Waals surface area (Å²) in [6, 6.07) is 0. The first-order chi connectivity index (χ1) is 5.60. The van der Waals surface area contributed by atoms with Crippen LogP contribution in [0.1, 0.15) is 26.7 Å². The van der Waals surface area contributed by atoms with Gasteiger partial charge in [0.05, 0.1) is 12.2 Å². The van der Waals surface area contributed by atoms with Crippen LogP contribution in [0.3, 0.4) is 0 Å². The van der Waals surface area contributed by atoms with Gasteiger partial charge in [0.25, 0.3) is 0 Å². The van der Waals surface area contributed by atoms with Crippen LogP contribution in [0.2, 0.25) is 0 Å². The van der Waals surface area contributed by atoms with Gasteiger partial charge >= 0.3 is 0 Å². The van der Waals surface area contributed by atoms with Crippen molar-refractivity contribution in [3.8, 4) is 0 Å². The molecule has 4 nitrogen and oxygen atoms in total. The Morgan fingerprint density at radius 2 is 1.42 bits per heavy atom. The fraction of sp³-hybridized carbons (Fsp3) is 1.00. The molecular weight excluding hydrogens is 158 g/mol. The third-order valence-corrected chi connectivity index (χ3v) is 1.77. The lowest BCUT2D eigenvalue weighted by atomic mass is 10.2. The van der Waals surface area contributed by atoms with Crippen LogP contribution in [0.25, 0.3) is 0 Å². The van der Waals surface area contributed by atoms with Gasteiger partial charge in [0.15, 0.2) is 0 Å². The number of hydrogen-bond acceptors (Lipinski definition) is 4. The lowest BCUT2D eigenvalue weighted by Crippen LogP contribution is -2.33. The van der Waals surface area contributed by atoms with Gasteiger partial charge < -0.3 is 20.5 Å². The van der Waals surface area contributed by atoms with Crippen LogP contribution in [0, 0.1) is 5.21 Å². The standard InChI is InChI=1S/C8H18NO3/c1-3-7(10)5-9(12)6-8(11)4-2/h7-8,10-11H,3-6H2,1-2H3/q-1. The summed E-state index contributed by atoms with van der Waals surface area (Å²) in [5.41, 5.74) is 0. The van der Waals surface area contributed by atoms with Gasteiger partial charge in [-0.05, 0) is 12.8 Å². The zero-order valence-electron chi connectivity index (χ0n) is 7.73. The first kappa shape index (κ1) is 11.8. The van der Waals surface area contributed by atoms with Crippen molar-refractivity contribution >= 4 is 0 Å². The van der Waals surface area contributed by atoms with E-state index in [1.807, 2.05) is 13.8 Å². The summed E-state index contributed by atoms with van der Waals surface area (Å²) in [5, 5.41) is 29.9. The van der Waals surface area contributed by atoms with E-state index < -0.39 is 12.2 Å². The Morgan fingerprint density at radius 1 is 1.08 bits per heavy atom. The molecule has 0 aromatic carbocycles. The molecule has 0 aromatic rings.